The van der Waals surface area contributed by atoms with E-state index in [4.69, 9.17) is 0 Å². The summed E-state index contributed by atoms with van der Waals surface area (Å²) in [7, 11) is 0. The molecule has 0 aliphatic carbocycles. The van der Waals surface area contributed by atoms with Crippen molar-refractivity contribution in [3.8, 4) is 0 Å². The molecule has 2 saturated heterocycles. The molecule has 32 heavy (non-hydrogen) atoms. The minimum Gasteiger partial charge on any atom is -0.481 e. The molecule has 3 heterocycles. The Morgan fingerprint density at radius 3 is 2.56 bits per heavy atom. The predicted molar refractivity (Wildman–Crippen MR) is 114 cm³/mol. The molecule has 0 radical (unpaired) electrons. The van der Waals surface area contributed by atoms with E-state index in [-0.39, 0.29) is 31.2 Å². The number of carbonyl (C=O) groups excluding carboxylic acids is 3. The molecule has 2 aromatic rings. The molecule has 3 aliphatic heterocycles. The minimum absolute atomic E-state index is 0.121. The van der Waals surface area contributed by atoms with Crippen LogP contribution in [0.1, 0.15) is 29.5 Å². The summed E-state index contributed by atoms with van der Waals surface area (Å²) < 4.78 is 0. The third-order valence-corrected chi connectivity index (χ3v) is 6.81. The molecule has 0 bridgehead atoms. The lowest BCUT2D eigenvalue weighted by Crippen LogP contribution is -2.53. The number of fused-ring (bicyclic) bond motifs is 4. The van der Waals surface area contributed by atoms with Crippen LogP contribution >= 0.6 is 0 Å². The Morgan fingerprint density at radius 2 is 1.84 bits per heavy atom. The standard InChI is InChI=1S/C24H23N3O5/c1-13-7-8-16-15(11-13)24(23(32)25-16)20-19(17(26-24)9-10-18(28)29)21(30)27(22(20)31)12-14-5-3-2-4-6-14/h2-8,11,17,19-20,26H,9-10,12H2,1H3,(H,25,32)(H,28,29)/t17-,19-,20-,24+/m1/s1. The molecular formula is C24H23N3O5. The summed E-state index contributed by atoms with van der Waals surface area (Å²) >= 11 is 0. The maximum atomic E-state index is 13.7. The van der Waals surface area contributed by atoms with Gasteiger partial charge < -0.3 is 10.4 Å². The van der Waals surface area contributed by atoms with E-state index in [2.05, 4.69) is 10.6 Å². The second-order valence-corrected chi connectivity index (χ2v) is 8.75. The number of nitrogens with one attached hydrogen (secondary N) is 2. The quantitative estimate of drug-likeness (QED) is 0.619. The summed E-state index contributed by atoms with van der Waals surface area (Å²) in [5.74, 6) is -3.87. The van der Waals surface area contributed by atoms with Crippen LogP contribution in [0.15, 0.2) is 48.5 Å². The first-order valence-corrected chi connectivity index (χ1v) is 10.6. The third-order valence-electron chi connectivity index (χ3n) is 6.81. The van der Waals surface area contributed by atoms with Crippen molar-refractivity contribution in [2.75, 3.05) is 5.32 Å². The van der Waals surface area contributed by atoms with Gasteiger partial charge in [0.05, 0.1) is 18.4 Å². The van der Waals surface area contributed by atoms with E-state index >= 15 is 0 Å². The van der Waals surface area contributed by atoms with Gasteiger partial charge in [0.15, 0.2) is 0 Å². The Hall–Kier alpha value is -3.52. The summed E-state index contributed by atoms with van der Waals surface area (Å²) in [4.78, 5) is 52.9. The second-order valence-electron chi connectivity index (χ2n) is 8.75. The van der Waals surface area contributed by atoms with Crippen LogP contribution in [0.2, 0.25) is 0 Å². The average Bonchev–Trinajstić information content (AvgIpc) is 3.34. The Bertz CT molecular complexity index is 1150. The Labute approximate surface area is 184 Å². The Morgan fingerprint density at radius 1 is 1.09 bits per heavy atom. The molecular weight excluding hydrogens is 410 g/mol. The highest BCUT2D eigenvalue weighted by Gasteiger charge is 2.70. The van der Waals surface area contributed by atoms with Crippen LogP contribution in [-0.2, 0) is 31.3 Å². The first kappa shape index (κ1) is 20.4. The fraction of sp³-hybridized carbons (Fsp3) is 0.333. The highest BCUT2D eigenvalue weighted by atomic mass is 16.4. The third kappa shape index (κ3) is 2.86. The zero-order valence-corrected chi connectivity index (χ0v) is 17.5. The van der Waals surface area contributed by atoms with Crippen LogP contribution in [0.3, 0.4) is 0 Å². The molecule has 8 nitrogen and oxygen atoms in total. The summed E-state index contributed by atoms with van der Waals surface area (Å²) in [6, 6.07) is 14.1. The van der Waals surface area contributed by atoms with Crippen LogP contribution < -0.4 is 10.6 Å². The van der Waals surface area contributed by atoms with Crippen LogP contribution in [0.4, 0.5) is 5.69 Å². The van der Waals surface area contributed by atoms with E-state index in [1.165, 1.54) is 4.90 Å². The van der Waals surface area contributed by atoms with E-state index in [9.17, 15) is 24.3 Å². The SMILES string of the molecule is Cc1ccc2c(c1)[C@@]1(N[C@H](CCC(=O)O)[C@H]3C(=O)N(Cc4ccccc4)C(=O)[C@@H]31)C(=O)N2. The molecule has 164 valence electrons. The summed E-state index contributed by atoms with van der Waals surface area (Å²) in [5.41, 5.74) is 1.58. The van der Waals surface area contributed by atoms with Crippen molar-refractivity contribution in [1.29, 1.82) is 0 Å². The van der Waals surface area contributed by atoms with Gasteiger partial charge in [0.1, 0.15) is 5.54 Å². The number of anilines is 1. The lowest BCUT2D eigenvalue weighted by atomic mass is 9.76. The fourth-order valence-electron chi connectivity index (χ4n) is 5.42. The van der Waals surface area contributed by atoms with Crippen LogP contribution in [0.5, 0.6) is 0 Å². The Kier molecular flexibility index (Phi) is 4.63. The van der Waals surface area contributed by atoms with Crippen molar-refractivity contribution in [2.24, 2.45) is 11.8 Å². The molecule has 5 rings (SSSR count). The Balaban J connectivity index is 1.59. The number of amides is 3. The highest BCUT2D eigenvalue weighted by molar-refractivity contribution is 6.15. The predicted octanol–water partition coefficient (Wildman–Crippen LogP) is 1.78. The molecule has 3 aliphatic rings. The van der Waals surface area contributed by atoms with Crippen LogP contribution in [0, 0.1) is 18.8 Å². The van der Waals surface area contributed by atoms with Gasteiger partial charge in [0.25, 0.3) is 0 Å². The normalized spacial score (nSPS) is 28.2. The highest BCUT2D eigenvalue weighted by Crippen LogP contribution is 2.53. The number of benzene rings is 2. The molecule has 0 unspecified atom stereocenters. The first-order chi connectivity index (χ1) is 15.3. The number of aryl methyl sites for hydroxylation is 1. The van der Waals surface area contributed by atoms with Gasteiger partial charge in [-0.05, 0) is 25.0 Å². The largest absolute Gasteiger partial charge is 0.481 e. The summed E-state index contributed by atoms with van der Waals surface area (Å²) in [5, 5.41) is 15.3. The molecule has 0 aromatic heterocycles. The lowest BCUT2D eigenvalue weighted by Gasteiger charge is -2.29. The van der Waals surface area contributed by atoms with E-state index in [0.717, 1.165) is 11.1 Å². The van der Waals surface area contributed by atoms with Gasteiger partial charge in [-0.15, -0.1) is 0 Å². The van der Waals surface area contributed by atoms with Gasteiger partial charge in [0.2, 0.25) is 17.7 Å². The number of nitrogens with zero attached hydrogens (tertiary/aromatic N) is 1. The van der Waals surface area contributed by atoms with Gasteiger partial charge in [-0.2, -0.15) is 0 Å². The minimum atomic E-state index is -1.40. The number of carboxylic acids is 1. The van der Waals surface area contributed by atoms with E-state index in [0.29, 0.717) is 11.3 Å². The zero-order valence-electron chi connectivity index (χ0n) is 17.5. The summed E-state index contributed by atoms with van der Waals surface area (Å²) in [6.45, 7) is 2.02. The maximum Gasteiger partial charge on any atom is 0.303 e. The van der Waals surface area contributed by atoms with Crippen molar-refractivity contribution < 1.29 is 24.3 Å². The summed E-state index contributed by atoms with van der Waals surface area (Å²) in [6.07, 6.45) is -0.0235. The van der Waals surface area contributed by atoms with Crippen molar-refractivity contribution >= 4 is 29.4 Å². The fourth-order valence-corrected chi connectivity index (χ4v) is 5.42. The van der Waals surface area contributed by atoms with Crippen molar-refractivity contribution in [3.63, 3.8) is 0 Å². The zero-order chi connectivity index (χ0) is 22.6. The van der Waals surface area contributed by atoms with E-state index < -0.39 is 35.3 Å². The molecule has 8 heteroatoms. The molecule has 2 aromatic carbocycles. The smallest absolute Gasteiger partial charge is 0.303 e. The van der Waals surface area contributed by atoms with Crippen molar-refractivity contribution in [1.82, 2.24) is 10.2 Å². The number of imide groups is 1. The molecule has 1 spiro atoms. The molecule has 0 saturated carbocycles. The number of likely N-dealkylation sites (tertiary alicyclic amines) is 1. The molecule has 2 fully saturated rings. The average molecular weight is 433 g/mol. The first-order valence-electron chi connectivity index (χ1n) is 10.6. The van der Waals surface area contributed by atoms with E-state index in [1.54, 1.807) is 6.07 Å². The number of hydrogen-bond donors (Lipinski definition) is 3. The van der Waals surface area contributed by atoms with Crippen LogP contribution in [-0.4, -0.2) is 39.7 Å². The maximum absolute atomic E-state index is 13.7. The van der Waals surface area contributed by atoms with Gasteiger partial charge in [-0.3, -0.25) is 29.4 Å². The molecule has 3 amide bonds. The molecule has 3 N–H and O–H groups in total. The van der Waals surface area contributed by atoms with Crippen molar-refractivity contribution in [2.45, 2.75) is 37.9 Å². The number of rotatable bonds is 5. The number of hydrogen-bond acceptors (Lipinski definition) is 5. The van der Waals surface area contributed by atoms with E-state index in [1.807, 2.05) is 49.4 Å². The van der Waals surface area contributed by atoms with Gasteiger partial charge in [-0.1, -0.05) is 48.0 Å². The van der Waals surface area contributed by atoms with Crippen molar-refractivity contribution in [3.05, 3.63) is 65.2 Å². The topological polar surface area (TPSA) is 116 Å². The number of carbonyl (C=O) groups is 4. The second kappa shape index (κ2) is 7.27. The van der Waals surface area contributed by atoms with Gasteiger partial charge in [-0.25, -0.2) is 0 Å². The lowest BCUT2D eigenvalue weighted by molar-refractivity contribution is -0.144. The number of carboxylic acid groups (broad SMARTS) is 1. The number of aliphatic carboxylic acids is 1. The van der Waals surface area contributed by atoms with Crippen LogP contribution in [0.25, 0.3) is 0 Å². The van der Waals surface area contributed by atoms with Gasteiger partial charge >= 0.3 is 5.97 Å². The van der Waals surface area contributed by atoms with Gasteiger partial charge in [0, 0.05) is 23.7 Å². The monoisotopic (exact) mass is 433 g/mol. The molecule has 4 atom stereocenters.